The predicted molar refractivity (Wildman–Crippen MR) is 65.3 cm³/mol. The number of pyridine rings is 2. The number of aliphatic carboxylic acids is 1. The van der Waals surface area contributed by atoms with Crippen LogP contribution in [-0.4, -0.2) is 20.6 Å². The van der Waals surface area contributed by atoms with Gasteiger partial charge < -0.3 is 5.11 Å². The molecule has 0 radical (unpaired) electrons. The molecule has 0 spiro atoms. The quantitative estimate of drug-likeness (QED) is 0.877. The van der Waals surface area contributed by atoms with Crippen molar-refractivity contribution in [3.8, 4) is 0 Å². The lowest BCUT2D eigenvalue weighted by atomic mass is 9.96. The number of rotatable bonds is 3. The average Bonchev–Trinajstić information content (AvgIpc) is 2.39. The van der Waals surface area contributed by atoms with Gasteiger partial charge in [-0.2, -0.15) is 0 Å². The van der Waals surface area contributed by atoms with Crippen LogP contribution in [0.3, 0.4) is 0 Å². The highest BCUT2D eigenvalue weighted by atomic mass is 16.4. The normalized spacial score (nSPS) is 13.8. The smallest absolute Gasteiger partial charge is 0.336 e. The SMILES string of the molecule is CC(C(=O)O)(c1ccccn1)n1ccccc1=O. The second-order valence-corrected chi connectivity index (χ2v) is 4.00. The van der Waals surface area contributed by atoms with E-state index in [0.717, 1.165) is 4.57 Å². The van der Waals surface area contributed by atoms with Crippen molar-refractivity contribution in [2.45, 2.75) is 12.5 Å². The van der Waals surface area contributed by atoms with Crippen LogP contribution in [0.25, 0.3) is 0 Å². The van der Waals surface area contributed by atoms with Gasteiger partial charge in [0.2, 0.25) is 0 Å². The Morgan fingerprint density at radius 1 is 1.28 bits per heavy atom. The first-order valence-electron chi connectivity index (χ1n) is 5.40. The maximum Gasteiger partial charge on any atom is 0.336 e. The summed E-state index contributed by atoms with van der Waals surface area (Å²) in [5.41, 5.74) is -1.58. The van der Waals surface area contributed by atoms with E-state index in [-0.39, 0.29) is 5.56 Å². The molecule has 2 aromatic rings. The molecule has 1 N–H and O–H groups in total. The molecule has 0 bridgehead atoms. The highest BCUT2D eigenvalue weighted by Gasteiger charge is 2.39. The zero-order valence-corrected chi connectivity index (χ0v) is 9.78. The maximum atomic E-state index is 11.8. The third-order valence-corrected chi connectivity index (χ3v) is 2.88. The molecule has 5 heteroatoms. The van der Waals surface area contributed by atoms with Crippen LogP contribution in [0.4, 0.5) is 0 Å². The van der Waals surface area contributed by atoms with Crippen molar-refractivity contribution in [3.05, 3.63) is 64.8 Å². The summed E-state index contributed by atoms with van der Waals surface area (Å²) in [5.74, 6) is -1.13. The highest BCUT2D eigenvalue weighted by molar-refractivity contribution is 5.80. The molecule has 0 saturated carbocycles. The third kappa shape index (κ3) is 1.79. The van der Waals surface area contributed by atoms with Gasteiger partial charge in [-0.15, -0.1) is 0 Å². The van der Waals surface area contributed by atoms with E-state index >= 15 is 0 Å². The molecule has 18 heavy (non-hydrogen) atoms. The predicted octanol–water partition coefficient (Wildman–Crippen LogP) is 1.09. The van der Waals surface area contributed by atoms with Crippen LogP contribution in [0.5, 0.6) is 0 Å². The summed E-state index contributed by atoms with van der Waals surface area (Å²) < 4.78 is 1.16. The van der Waals surface area contributed by atoms with Crippen LogP contribution >= 0.6 is 0 Å². The van der Waals surface area contributed by atoms with E-state index in [1.165, 1.54) is 25.4 Å². The van der Waals surface area contributed by atoms with E-state index in [9.17, 15) is 14.7 Å². The monoisotopic (exact) mass is 244 g/mol. The van der Waals surface area contributed by atoms with Crippen LogP contribution in [0.2, 0.25) is 0 Å². The van der Waals surface area contributed by atoms with E-state index < -0.39 is 11.5 Å². The summed E-state index contributed by atoms with van der Waals surface area (Å²) >= 11 is 0. The highest BCUT2D eigenvalue weighted by Crippen LogP contribution is 2.22. The molecule has 0 fully saturated rings. The molecule has 0 saturated heterocycles. The van der Waals surface area contributed by atoms with Gasteiger partial charge in [-0.1, -0.05) is 12.1 Å². The Hall–Kier alpha value is -2.43. The van der Waals surface area contributed by atoms with Gasteiger partial charge in [-0.05, 0) is 25.1 Å². The number of hydrogen-bond donors (Lipinski definition) is 1. The van der Waals surface area contributed by atoms with E-state index in [1.807, 2.05) is 0 Å². The lowest BCUT2D eigenvalue weighted by Crippen LogP contribution is -2.46. The number of carboxylic acids is 1. The second kappa shape index (κ2) is 4.44. The molecule has 1 unspecified atom stereocenters. The van der Waals surface area contributed by atoms with Crippen LogP contribution < -0.4 is 5.56 Å². The minimum absolute atomic E-state index is 0.311. The van der Waals surface area contributed by atoms with Crippen molar-refractivity contribution in [2.24, 2.45) is 0 Å². The lowest BCUT2D eigenvalue weighted by molar-refractivity contribution is -0.144. The Morgan fingerprint density at radius 3 is 2.56 bits per heavy atom. The van der Waals surface area contributed by atoms with Crippen molar-refractivity contribution < 1.29 is 9.90 Å². The van der Waals surface area contributed by atoms with Crippen molar-refractivity contribution in [2.75, 3.05) is 0 Å². The number of aromatic nitrogens is 2. The summed E-state index contributed by atoms with van der Waals surface area (Å²) in [5, 5.41) is 9.46. The zero-order valence-electron chi connectivity index (χ0n) is 9.78. The Morgan fingerprint density at radius 2 is 2.00 bits per heavy atom. The fourth-order valence-electron chi connectivity index (χ4n) is 1.78. The lowest BCUT2D eigenvalue weighted by Gasteiger charge is -2.26. The van der Waals surface area contributed by atoms with Gasteiger partial charge in [0.05, 0.1) is 5.69 Å². The zero-order chi connectivity index (χ0) is 13.2. The van der Waals surface area contributed by atoms with Crippen molar-refractivity contribution in [1.29, 1.82) is 0 Å². The second-order valence-electron chi connectivity index (χ2n) is 4.00. The number of carbonyl (C=O) groups is 1. The number of hydrogen-bond acceptors (Lipinski definition) is 3. The molecule has 92 valence electrons. The van der Waals surface area contributed by atoms with Crippen molar-refractivity contribution in [1.82, 2.24) is 9.55 Å². The summed E-state index contributed by atoms with van der Waals surface area (Å²) in [6, 6.07) is 9.49. The number of carboxylic acid groups (broad SMARTS) is 1. The van der Waals surface area contributed by atoms with Crippen molar-refractivity contribution >= 4 is 5.97 Å². The summed E-state index contributed by atoms with van der Waals surface area (Å²) in [6.45, 7) is 1.46. The van der Waals surface area contributed by atoms with Gasteiger partial charge in [-0.3, -0.25) is 14.3 Å². The van der Waals surface area contributed by atoms with Gasteiger partial charge >= 0.3 is 5.97 Å². The molecular weight excluding hydrogens is 232 g/mol. The third-order valence-electron chi connectivity index (χ3n) is 2.88. The number of nitrogens with zero attached hydrogens (tertiary/aromatic N) is 2. The van der Waals surface area contributed by atoms with Gasteiger partial charge in [0.15, 0.2) is 5.54 Å². The molecule has 5 nitrogen and oxygen atoms in total. The standard InChI is InChI=1S/C13H12N2O3/c1-13(12(17)18,10-6-2-4-8-14-10)15-9-5-3-7-11(15)16/h2-9H,1H3,(H,17,18). The van der Waals surface area contributed by atoms with E-state index in [2.05, 4.69) is 4.98 Å². The van der Waals surface area contributed by atoms with Crippen LogP contribution in [0, 0.1) is 0 Å². The van der Waals surface area contributed by atoms with Crippen molar-refractivity contribution in [3.63, 3.8) is 0 Å². The van der Waals surface area contributed by atoms with E-state index in [4.69, 9.17) is 0 Å². The summed E-state index contributed by atoms with van der Waals surface area (Å²) in [4.78, 5) is 27.4. The largest absolute Gasteiger partial charge is 0.479 e. The topological polar surface area (TPSA) is 72.2 Å². The Balaban J connectivity index is 2.71. The van der Waals surface area contributed by atoms with Crippen LogP contribution in [0.15, 0.2) is 53.6 Å². The molecule has 0 aliphatic rings. The molecule has 2 heterocycles. The summed E-state index contributed by atoms with van der Waals surface area (Å²) in [6.07, 6.45) is 2.95. The summed E-state index contributed by atoms with van der Waals surface area (Å²) in [7, 11) is 0. The molecule has 0 aliphatic heterocycles. The molecule has 2 aromatic heterocycles. The maximum absolute atomic E-state index is 11.8. The van der Waals surface area contributed by atoms with Crippen LogP contribution in [0.1, 0.15) is 12.6 Å². The molecule has 0 amide bonds. The van der Waals surface area contributed by atoms with Gasteiger partial charge in [0.1, 0.15) is 0 Å². The Bertz CT molecular complexity index is 621. The molecule has 0 aliphatic carbocycles. The van der Waals surface area contributed by atoms with E-state index in [0.29, 0.717) is 5.69 Å². The van der Waals surface area contributed by atoms with Crippen LogP contribution in [-0.2, 0) is 10.3 Å². The first-order valence-corrected chi connectivity index (χ1v) is 5.40. The Labute approximate surface area is 103 Å². The van der Waals surface area contributed by atoms with E-state index in [1.54, 1.807) is 30.3 Å². The van der Waals surface area contributed by atoms with Gasteiger partial charge in [-0.25, -0.2) is 4.79 Å². The molecule has 1 atom stereocenters. The first kappa shape index (κ1) is 12.0. The fourth-order valence-corrected chi connectivity index (χ4v) is 1.78. The van der Waals surface area contributed by atoms with Gasteiger partial charge in [0.25, 0.3) is 5.56 Å². The molecule has 2 rings (SSSR count). The fraction of sp³-hybridized carbons (Fsp3) is 0.154. The molecular formula is C13H12N2O3. The average molecular weight is 244 g/mol. The molecule has 0 aromatic carbocycles. The minimum Gasteiger partial charge on any atom is -0.479 e. The van der Waals surface area contributed by atoms with Gasteiger partial charge in [0, 0.05) is 18.5 Å². The minimum atomic E-state index is -1.51. The first-order chi connectivity index (χ1) is 8.56. The Kier molecular flexibility index (Phi) is 2.97.